The largest absolute Gasteiger partial charge is 0.349 e. The van der Waals surface area contributed by atoms with Crippen LogP contribution in [0.2, 0.25) is 0 Å². The number of ether oxygens (including phenoxy) is 3. The molecule has 0 N–H and O–H groups in total. The lowest BCUT2D eigenvalue weighted by Gasteiger charge is -2.58. The highest BCUT2D eigenvalue weighted by atomic mass is 17.3. The van der Waals surface area contributed by atoms with Crippen molar-refractivity contribution >= 4 is 0 Å². The maximum absolute atomic E-state index is 6.21. The van der Waals surface area contributed by atoms with Gasteiger partial charge in [-0.1, -0.05) is 13.5 Å². The quantitative estimate of drug-likeness (QED) is 0.579. The average molecular weight is 310 g/mol. The van der Waals surface area contributed by atoms with Crippen LogP contribution in [0, 0.1) is 17.8 Å². The molecule has 0 aromatic rings. The van der Waals surface area contributed by atoms with E-state index in [1.165, 1.54) is 6.42 Å². The Kier molecular flexibility index (Phi) is 3.44. The molecule has 5 aliphatic rings. The molecule has 1 aliphatic carbocycles. The van der Waals surface area contributed by atoms with Crippen LogP contribution in [0.15, 0.2) is 12.2 Å². The van der Waals surface area contributed by atoms with Gasteiger partial charge < -0.3 is 14.2 Å². The number of hydrogen-bond donors (Lipinski definition) is 0. The highest BCUT2D eigenvalue weighted by Crippen LogP contribution is 2.60. The van der Waals surface area contributed by atoms with E-state index in [1.54, 1.807) is 0 Å². The Morgan fingerprint density at radius 1 is 1.27 bits per heavy atom. The molecule has 4 heterocycles. The van der Waals surface area contributed by atoms with Gasteiger partial charge in [-0.3, -0.25) is 0 Å². The summed E-state index contributed by atoms with van der Waals surface area (Å²) in [6.07, 6.45) is 3.17. The van der Waals surface area contributed by atoms with Crippen LogP contribution in [0.4, 0.5) is 0 Å². The molecule has 5 nitrogen and oxygen atoms in total. The first kappa shape index (κ1) is 15.1. The van der Waals surface area contributed by atoms with Crippen LogP contribution in [0.3, 0.4) is 0 Å². The van der Waals surface area contributed by atoms with Gasteiger partial charge >= 0.3 is 0 Å². The second-order valence-corrected chi connectivity index (χ2v) is 7.35. The Bertz CT molecular complexity index is 480. The molecule has 4 aliphatic heterocycles. The fourth-order valence-corrected chi connectivity index (χ4v) is 4.86. The minimum Gasteiger partial charge on any atom is -0.349 e. The summed E-state index contributed by atoms with van der Waals surface area (Å²) in [7, 11) is 0. The molecule has 124 valence electrons. The molecule has 1 unspecified atom stereocenters. The summed E-state index contributed by atoms with van der Waals surface area (Å²) in [5, 5.41) is 0. The second-order valence-electron chi connectivity index (χ2n) is 7.35. The average Bonchev–Trinajstić information content (AvgIpc) is 2.71. The summed E-state index contributed by atoms with van der Waals surface area (Å²) in [5.41, 5.74) is 0.394. The molecule has 2 bridgehead atoms. The molecular formula is C17H26O5. The molecule has 5 heteroatoms. The Labute approximate surface area is 131 Å². The predicted octanol–water partition coefficient (Wildman–Crippen LogP) is 3.15. The normalized spacial score (nSPS) is 54.0. The summed E-state index contributed by atoms with van der Waals surface area (Å²) >= 11 is 0. The van der Waals surface area contributed by atoms with Gasteiger partial charge in [-0.05, 0) is 50.5 Å². The van der Waals surface area contributed by atoms with Crippen molar-refractivity contribution < 1.29 is 24.0 Å². The summed E-state index contributed by atoms with van der Waals surface area (Å²) in [4.78, 5) is 11.8. The SMILES string of the molecule is C=C1C(OCC)O[C@@H]2O[C@@]3(C)CC[C@H]4[C@H](C)CC[C@@H]1[C@@]24OO3. The van der Waals surface area contributed by atoms with E-state index in [4.69, 9.17) is 24.0 Å². The summed E-state index contributed by atoms with van der Waals surface area (Å²) in [5.74, 6) is 0.352. The summed E-state index contributed by atoms with van der Waals surface area (Å²) in [6.45, 7) is 11.1. The van der Waals surface area contributed by atoms with Gasteiger partial charge in [-0.25, -0.2) is 9.78 Å². The van der Waals surface area contributed by atoms with Gasteiger partial charge in [-0.15, -0.1) is 0 Å². The van der Waals surface area contributed by atoms with Crippen LogP contribution in [0.5, 0.6) is 0 Å². The zero-order valence-electron chi connectivity index (χ0n) is 13.7. The summed E-state index contributed by atoms with van der Waals surface area (Å²) in [6, 6.07) is 0. The van der Waals surface area contributed by atoms with Gasteiger partial charge in [0.15, 0.2) is 18.2 Å². The number of rotatable bonds is 2. The Balaban J connectivity index is 1.77. The smallest absolute Gasteiger partial charge is 0.201 e. The molecule has 0 amide bonds. The monoisotopic (exact) mass is 310 g/mol. The first-order valence-corrected chi connectivity index (χ1v) is 8.50. The molecule has 4 saturated heterocycles. The van der Waals surface area contributed by atoms with Crippen LogP contribution < -0.4 is 0 Å². The zero-order valence-corrected chi connectivity index (χ0v) is 13.7. The topological polar surface area (TPSA) is 46.2 Å². The number of hydrogen-bond acceptors (Lipinski definition) is 5. The van der Waals surface area contributed by atoms with Crippen molar-refractivity contribution in [2.24, 2.45) is 17.8 Å². The van der Waals surface area contributed by atoms with Gasteiger partial charge in [0.25, 0.3) is 0 Å². The molecule has 0 aromatic heterocycles. The molecule has 22 heavy (non-hydrogen) atoms. The van der Waals surface area contributed by atoms with Crippen molar-refractivity contribution in [1.82, 2.24) is 0 Å². The van der Waals surface area contributed by atoms with E-state index in [1.807, 2.05) is 13.8 Å². The second kappa shape index (κ2) is 5.02. The van der Waals surface area contributed by atoms with Crippen molar-refractivity contribution in [3.8, 4) is 0 Å². The van der Waals surface area contributed by atoms with Crippen LogP contribution in [-0.2, 0) is 24.0 Å². The fraction of sp³-hybridized carbons (Fsp3) is 0.882. The van der Waals surface area contributed by atoms with Gasteiger partial charge in [-0.2, -0.15) is 0 Å². The van der Waals surface area contributed by atoms with E-state index in [2.05, 4.69) is 13.5 Å². The van der Waals surface area contributed by atoms with Gasteiger partial charge in [0.05, 0.1) is 0 Å². The third-order valence-corrected chi connectivity index (χ3v) is 6.03. The lowest BCUT2D eigenvalue weighted by molar-refractivity contribution is -0.567. The van der Waals surface area contributed by atoms with E-state index in [-0.39, 0.29) is 5.92 Å². The molecule has 7 atom stereocenters. The first-order chi connectivity index (χ1) is 10.5. The van der Waals surface area contributed by atoms with Gasteiger partial charge in [0, 0.05) is 18.9 Å². The molecule has 0 aromatic carbocycles. The molecule has 1 saturated carbocycles. The predicted molar refractivity (Wildman–Crippen MR) is 78.4 cm³/mol. The highest BCUT2D eigenvalue weighted by Gasteiger charge is 2.68. The Hall–Kier alpha value is -0.460. The molecule has 1 spiro atoms. The molecule has 5 rings (SSSR count). The van der Waals surface area contributed by atoms with Crippen LogP contribution in [0.25, 0.3) is 0 Å². The Morgan fingerprint density at radius 2 is 2.09 bits per heavy atom. The Morgan fingerprint density at radius 3 is 2.86 bits per heavy atom. The standard InChI is InChI=1S/C17H26O5/c1-5-18-14-11(3)13-7-6-10(2)12-8-9-16(4)20-15(19-14)17(12,13)22-21-16/h10,12-15H,3,5-9H2,1-2,4H3/t10-,12+,13+,14?,15-,16-,17-/m1/s1. The third-order valence-electron chi connectivity index (χ3n) is 6.03. The maximum Gasteiger partial charge on any atom is 0.201 e. The molecule has 5 fully saturated rings. The van der Waals surface area contributed by atoms with Gasteiger partial charge in [0.2, 0.25) is 5.79 Å². The minimum atomic E-state index is -0.729. The van der Waals surface area contributed by atoms with E-state index in [0.29, 0.717) is 18.4 Å². The first-order valence-electron chi connectivity index (χ1n) is 8.50. The lowest BCUT2D eigenvalue weighted by Crippen LogP contribution is -2.69. The van der Waals surface area contributed by atoms with Crippen molar-refractivity contribution in [2.45, 2.75) is 70.4 Å². The maximum atomic E-state index is 6.21. The zero-order chi connectivity index (χ0) is 15.5. The lowest BCUT2D eigenvalue weighted by atomic mass is 9.59. The van der Waals surface area contributed by atoms with Crippen LogP contribution >= 0.6 is 0 Å². The van der Waals surface area contributed by atoms with E-state index >= 15 is 0 Å². The molecular weight excluding hydrogens is 284 g/mol. The summed E-state index contributed by atoms with van der Waals surface area (Å²) < 4.78 is 18.1. The van der Waals surface area contributed by atoms with Crippen molar-refractivity contribution in [3.05, 3.63) is 12.2 Å². The van der Waals surface area contributed by atoms with E-state index < -0.39 is 24.0 Å². The van der Waals surface area contributed by atoms with Crippen LogP contribution in [0.1, 0.15) is 46.5 Å². The highest BCUT2D eigenvalue weighted by molar-refractivity contribution is 5.21. The van der Waals surface area contributed by atoms with E-state index in [9.17, 15) is 0 Å². The van der Waals surface area contributed by atoms with Crippen LogP contribution in [-0.4, -0.2) is 30.6 Å². The van der Waals surface area contributed by atoms with Crippen molar-refractivity contribution in [3.63, 3.8) is 0 Å². The van der Waals surface area contributed by atoms with Crippen molar-refractivity contribution in [2.75, 3.05) is 6.61 Å². The fourth-order valence-electron chi connectivity index (χ4n) is 4.86. The molecule has 0 radical (unpaired) electrons. The third kappa shape index (κ3) is 1.89. The van der Waals surface area contributed by atoms with Crippen molar-refractivity contribution in [1.29, 1.82) is 0 Å². The number of fused-ring (bicyclic) bond motifs is 2. The van der Waals surface area contributed by atoms with Gasteiger partial charge in [0.1, 0.15) is 0 Å². The van der Waals surface area contributed by atoms with E-state index in [0.717, 1.165) is 24.8 Å². The minimum absolute atomic E-state index is 0.159.